The van der Waals surface area contributed by atoms with Crippen molar-refractivity contribution < 1.29 is 9.53 Å². The van der Waals surface area contributed by atoms with Crippen LogP contribution in [0.5, 0.6) is 0 Å². The summed E-state index contributed by atoms with van der Waals surface area (Å²) in [5.74, 6) is 0.981. The average molecular weight is 298 g/mol. The first-order chi connectivity index (χ1) is 9.49. The van der Waals surface area contributed by atoms with Gasteiger partial charge in [-0.1, -0.05) is 25.4 Å². The summed E-state index contributed by atoms with van der Waals surface area (Å²) in [6.07, 6.45) is 2.74. The van der Waals surface area contributed by atoms with Gasteiger partial charge in [0.25, 0.3) is 0 Å². The number of amides is 1. The zero-order chi connectivity index (χ0) is 14.7. The number of anilines is 1. The molecule has 0 radical (unpaired) electrons. The predicted octanol–water partition coefficient (Wildman–Crippen LogP) is 2.31. The van der Waals surface area contributed by atoms with E-state index in [4.69, 9.17) is 22.1 Å². The van der Waals surface area contributed by atoms with Crippen LogP contribution >= 0.6 is 11.6 Å². The van der Waals surface area contributed by atoms with E-state index < -0.39 is 5.91 Å². The van der Waals surface area contributed by atoms with Crippen molar-refractivity contribution in [2.75, 3.05) is 18.5 Å². The second kappa shape index (κ2) is 6.41. The lowest BCUT2D eigenvalue weighted by molar-refractivity contribution is 0.0566. The first-order valence-corrected chi connectivity index (χ1v) is 7.17. The van der Waals surface area contributed by atoms with E-state index in [0.29, 0.717) is 28.2 Å². The largest absolute Gasteiger partial charge is 0.378 e. The Labute approximate surface area is 123 Å². The van der Waals surface area contributed by atoms with E-state index in [-0.39, 0.29) is 6.10 Å². The molecule has 1 aromatic rings. The van der Waals surface area contributed by atoms with Gasteiger partial charge in [-0.2, -0.15) is 0 Å². The molecule has 110 valence electrons. The van der Waals surface area contributed by atoms with Crippen LogP contribution in [0.4, 0.5) is 5.82 Å². The van der Waals surface area contributed by atoms with Gasteiger partial charge >= 0.3 is 0 Å². The molecule has 1 saturated heterocycles. The summed E-state index contributed by atoms with van der Waals surface area (Å²) in [5, 5.41) is 3.63. The van der Waals surface area contributed by atoms with Crippen molar-refractivity contribution in [3.8, 4) is 0 Å². The van der Waals surface area contributed by atoms with E-state index >= 15 is 0 Å². The highest BCUT2D eigenvalue weighted by atomic mass is 35.5. The van der Waals surface area contributed by atoms with Crippen molar-refractivity contribution in [2.45, 2.75) is 26.4 Å². The first kappa shape index (κ1) is 15.1. The number of ether oxygens (including phenoxy) is 1. The molecule has 0 aromatic carbocycles. The molecule has 20 heavy (non-hydrogen) atoms. The minimum absolute atomic E-state index is 0.270. The van der Waals surface area contributed by atoms with Gasteiger partial charge in [-0.3, -0.25) is 4.79 Å². The maximum Gasteiger partial charge on any atom is 0.250 e. The molecule has 6 heteroatoms. The maximum absolute atomic E-state index is 11.0. The summed E-state index contributed by atoms with van der Waals surface area (Å²) in [4.78, 5) is 15.2. The number of carbonyl (C=O) groups is 1. The van der Waals surface area contributed by atoms with Crippen LogP contribution in [0.15, 0.2) is 12.3 Å². The Balaban J connectivity index is 1.99. The van der Waals surface area contributed by atoms with Crippen molar-refractivity contribution in [1.29, 1.82) is 0 Å². The molecule has 1 aliphatic heterocycles. The predicted molar refractivity (Wildman–Crippen MR) is 78.9 cm³/mol. The lowest BCUT2D eigenvalue weighted by Gasteiger charge is -2.22. The monoisotopic (exact) mass is 297 g/mol. The summed E-state index contributed by atoms with van der Waals surface area (Å²) < 4.78 is 5.74. The Morgan fingerprint density at radius 2 is 2.40 bits per heavy atom. The maximum atomic E-state index is 11.0. The van der Waals surface area contributed by atoms with Gasteiger partial charge in [0, 0.05) is 25.3 Å². The van der Waals surface area contributed by atoms with Crippen molar-refractivity contribution in [1.82, 2.24) is 4.98 Å². The number of primary amides is 1. The molecular formula is C14H20ClN3O2. The van der Waals surface area contributed by atoms with Gasteiger partial charge in [0.2, 0.25) is 5.91 Å². The molecule has 1 fully saturated rings. The third kappa shape index (κ3) is 3.41. The molecule has 1 aromatic heterocycles. The second-order valence-electron chi connectivity index (χ2n) is 5.43. The minimum atomic E-state index is -0.532. The number of aromatic nitrogens is 1. The SMILES string of the molecule is CC(C)[C@H]1OCC[C@@H]1CNc1ncc(C(N)=O)cc1Cl. The smallest absolute Gasteiger partial charge is 0.250 e. The molecule has 3 N–H and O–H groups in total. The highest BCUT2D eigenvalue weighted by Crippen LogP contribution is 2.28. The molecule has 2 rings (SSSR count). The number of nitrogens with two attached hydrogens (primary N) is 1. The number of hydrogen-bond donors (Lipinski definition) is 2. The van der Waals surface area contributed by atoms with Crippen LogP contribution < -0.4 is 11.1 Å². The highest BCUT2D eigenvalue weighted by Gasteiger charge is 2.30. The first-order valence-electron chi connectivity index (χ1n) is 6.80. The van der Waals surface area contributed by atoms with Gasteiger partial charge in [0.15, 0.2) is 0 Å². The standard InChI is InChI=1S/C14H20ClN3O2/c1-8(2)12-9(3-4-20-12)6-17-14-11(15)5-10(7-18-14)13(16)19/h5,7-9,12H,3-4,6H2,1-2H3,(H2,16,19)(H,17,18)/t9-,12-/m1/s1. The fraction of sp³-hybridized carbons (Fsp3) is 0.571. The van der Waals surface area contributed by atoms with E-state index in [1.807, 2.05) is 0 Å². The Morgan fingerprint density at radius 3 is 3.00 bits per heavy atom. The number of rotatable bonds is 5. The van der Waals surface area contributed by atoms with Crippen LogP contribution in [-0.4, -0.2) is 30.1 Å². The van der Waals surface area contributed by atoms with Gasteiger partial charge in [0.1, 0.15) is 5.82 Å². The van der Waals surface area contributed by atoms with E-state index in [1.165, 1.54) is 12.3 Å². The van der Waals surface area contributed by atoms with E-state index in [9.17, 15) is 4.79 Å². The number of nitrogens with one attached hydrogen (secondary N) is 1. The Morgan fingerprint density at radius 1 is 1.65 bits per heavy atom. The van der Waals surface area contributed by atoms with Crippen LogP contribution in [0, 0.1) is 11.8 Å². The molecule has 0 spiro atoms. The van der Waals surface area contributed by atoms with Crippen molar-refractivity contribution in [2.24, 2.45) is 17.6 Å². The van der Waals surface area contributed by atoms with Gasteiger partial charge in [-0.05, 0) is 18.4 Å². The molecule has 0 saturated carbocycles. The van der Waals surface area contributed by atoms with Crippen molar-refractivity contribution in [3.63, 3.8) is 0 Å². The second-order valence-corrected chi connectivity index (χ2v) is 5.83. The Bertz CT molecular complexity index is 493. The zero-order valence-electron chi connectivity index (χ0n) is 11.7. The van der Waals surface area contributed by atoms with Crippen LogP contribution in [0.1, 0.15) is 30.6 Å². The summed E-state index contributed by atoms with van der Waals surface area (Å²) >= 11 is 6.09. The van der Waals surface area contributed by atoms with Gasteiger partial charge in [0.05, 0.1) is 16.7 Å². The molecule has 2 atom stereocenters. The fourth-order valence-corrected chi connectivity index (χ4v) is 2.77. The number of hydrogen-bond acceptors (Lipinski definition) is 4. The summed E-state index contributed by atoms with van der Waals surface area (Å²) in [6, 6.07) is 1.53. The van der Waals surface area contributed by atoms with E-state index in [1.54, 1.807) is 0 Å². The molecule has 0 bridgehead atoms. The summed E-state index contributed by atoms with van der Waals surface area (Å²) in [5.41, 5.74) is 5.49. The highest BCUT2D eigenvalue weighted by molar-refractivity contribution is 6.33. The third-order valence-corrected chi connectivity index (χ3v) is 3.87. The lowest BCUT2D eigenvalue weighted by Crippen LogP contribution is -2.28. The van der Waals surface area contributed by atoms with Crippen LogP contribution in [-0.2, 0) is 4.74 Å². The molecule has 1 aliphatic rings. The zero-order valence-corrected chi connectivity index (χ0v) is 12.5. The van der Waals surface area contributed by atoms with Crippen molar-refractivity contribution >= 4 is 23.3 Å². The van der Waals surface area contributed by atoms with Gasteiger partial charge in [-0.15, -0.1) is 0 Å². The number of nitrogens with zero attached hydrogens (tertiary/aromatic N) is 1. The number of pyridine rings is 1. The van der Waals surface area contributed by atoms with Crippen molar-refractivity contribution in [3.05, 3.63) is 22.8 Å². The topological polar surface area (TPSA) is 77.2 Å². The Kier molecular flexibility index (Phi) is 4.83. The minimum Gasteiger partial charge on any atom is -0.378 e. The quantitative estimate of drug-likeness (QED) is 0.874. The summed E-state index contributed by atoms with van der Waals surface area (Å²) in [7, 11) is 0. The van der Waals surface area contributed by atoms with Gasteiger partial charge < -0.3 is 15.8 Å². The van der Waals surface area contributed by atoms with Crippen LogP contribution in [0.3, 0.4) is 0 Å². The average Bonchev–Trinajstić information content (AvgIpc) is 2.85. The Hall–Kier alpha value is -1.33. The number of carbonyl (C=O) groups excluding carboxylic acids is 1. The van der Waals surface area contributed by atoms with Crippen LogP contribution in [0.25, 0.3) is 0 Å². The molecule has 5 nitrogen and oxygen atoms in total. The lowest BCUT2D eigenvalue weighted by atomic mass is 9.93. The molecule has 0 aliphatic carbocycles. The molecule has 2 heterocycles. The molecule has 0 unspecified atom stereocenters. The van der Waals surface area contributed by atoms with Gasteiger partial charge in [-0.25, -0.2) is 4.98 Å². The normalized spacial score (nSPS) is 22.2. The third-order valence-electron chi connectivity index (χ3n) is 3.58. The summed E-state index contributed by atoms with van der Waals surface area (Å²) in [6.45, 7) is 5.88. The van der Waals surface area contributed by atoms with E-state index in [0.717, 1.165) is 19.6 Å². The number of halogens is 1. The van der Waals surface area contributed by atoms with E-state index in [2.05, 4.69) is 24.1 Å². The molecule has 1 amide bonds. The molecular weight excluding hydrogens is 278 g/mol. The fourth-order valence-electron chi connectivity index (χ4n) is 2.54. The van der Waals surface area contributed by atoms with Crippen LogP contribution in [0.2, 0.25) is 5.02 Å².